The van der Waals surface area contributed by atoms with Crippen molar-refractivity contribution in [1.82, 2.24) is 0 Å². The molecular weight excluding hydrogens is 156 g/mol. The molecule has 0 bridgehead atoms. The van der Waals surface area contributed by atoms with Crippen molar-refractivity contribution in [2.45, 2.75) is 13.0 Å². The van der Waals surface area contributed by atoms with Gasteiger partial charge in [-0.25, -0.2) is 4.79 Å². The molecule has 0 aliphatic heterocycles. The second kappa shape index (κ2) is 4.30. The zero-order valence-corrected chi connectivity index (χ0v) is 6.39. The molecule has 0 fully saturated rings. The third-order valence-electron chi connectivity index (χ3n) is 0.712. The van der Waals surface area contributed by atoms with E-state index in [-0.39, 0.29) is 11.6 Å². The van der Waals surface area contributed by atoms with E-state index in [1.165, 1.54) is 6.92 Å². The smallest absolute Gasteiger partial charge is 0.335 e. The van der Waals surface area contributed by atoms with Gasteiger partial charge in [0.1, 0.15) is 12.7 Å². The summed E-state index contributed by atoms with van der Waals surface area (Å²) in [6.45, 7) is 4.56. The number of rotatable bonds is 3. The number of ether oxygens (including phenoxy) is 1. The minimum Gasteiger partial charge on any atom is -0.458 e. The molecule has 0 radical (unpaired) electrons. The molecule has 3 nitrogen and oxygen atoms in total. The van der Waals surface area contributed by atoms with E-state index in [1.807, 2.05) is 0 Å². The standard InChI is InChI=1S/C6H9ClO3/c1-4(7)3-10-6(9)5(2)8/h5,8H,1,3H2,2H3. The molecule has 1 atom stereocenters. The van der Waals surface area contributed by atoms with Gasteiger partial charge in [-0.3, -0.25) is 0 Å². The SMILES string of the molecule is C=C(Cl)COC(=O)C(C)O. The molecule has 58 valence electrons. The first-order valence-corrected chi connectivity index (χ1v) is 3.10. The fourth-order valence-corrected chi connectivity index (χ4v) is 0.325. The molecule has 4 heteroatoms. The van der Waals surface area contributed by atoms with E-state index in [0.717, 1.165) is 0 Å². The van der Waals surface area contributed by atoms with E-state index in [4.69, 9.17) is 16.7 Å². The van der Waals surface area contributed by atoms with Crippen molar-refractivity contribution in [3.8, 4) is 0 Å². The average Bonchev–Trinajstić information content (AvgIpc) is 1.82. The maximum Gasteiger partial charge on any atom is 0.335 e. The van der Waals surface area contributed by atoms with Gasteiger partial charge in [0, 0.05) is 5.03 Å². The Morgan fingerprint density at radius 2 is 2.40 bits per heavy atom. The molecule has 0 rings (SSSR count). The van der Waals surface area contributed by atoms with Gasteiger partial charge in [0.2, 0.25) is 0 Å². The largest absolute Gasteiger partial charge is 0.458 e. The number of halogens is 1. The van der Waals surface area contributed by atoms with Crippen molar-refractivity contribution in [2.24, 2.45) is 0 Å². The minimum absolute atomic E-state index is 0.0503. The Hall–Kier alpha value is -0.540. The van der Waals surface area contributed by atoms with Crippen molar-refractivity contribution >= 4 is 17.6 Å². The summed E-state index contributed by atoms with van der Waals surface area (Å²) in [4.78, 5) is 10.5. The molecule has 0 spiro atoms. The van der Waals surface area contributed by atoms with E-state index in [0.29, 0.717) is 0 Å². The van der Waals surface area contributed by atoms with Gasteiger partial charge in [-0.05, 0) is 6.92 Å². The fraction of sp³-hybridized carbons (Fsp3) is 0.500. The van der Waals surface area contributed by atoms with E-state index < -0.39 is 12.1 Å². The van der Waals surface area contributed by atoms with E-state index in [9.17, 15) is 4.79 Å². The van der Waals surface area contributed by atoms with Gasteiger partial charge in [0.15, 0.2) is 0 Å². The van der Waals surface area contributed by atoms with Crippen molar-refractivity contribution in [2.75, 3.05) is 6.61 Å². The van der Waals surface area contributed by atoms with Crippen LogP contribution in [0.5, 0.6) is 0 Å². The van der Waals surface area contributed by atoms with Crippen LogP contribution < -0.4 is 0 Å². The van der Waals surface area contributed by atoms with Crippen LogP contribution in [0.1, 0.15) is 6.92 Å². The second-order valence-corrected chi connectivity index (χ2v) is 2.34. The number of carbonyl (C=O) groups excluding carboxylic acids is 1. The van der Waals surface area contributed by atoms with Crippen LogP contribution >= 0.6 is 11.6 Å². The summed E-state index contributed by atoms with van der Waals surface area (Å²) >= 11 is 5.27. The van der Waals surface area contributed by atoms with Crippen molar-refractivity contribution in [3.63, 3.8) is 0 Å². The zero-order chi connectivity index (χ0) is 8.15. The van der Waals surface area contributed by atoms with E-state index in [1.54, 1.807) is 0 Å². The van der Waals surface area contributed by atoms with Gasteiger partial charge < -0.3 is 9.84 Å². The number of hydrogen-bond acceptors (Lipinski definition) is 3. The third kappa shape index (κ3) is 4.35. The highest BCUT2D eigenvalue weighted by molar-refractivity contribution is 6.29. The van der Waals surface area contributed by atoms with Crippen molar-refractivity contribution < 1.29 is 14.6 Å². The second-order valence-electron chi connectivity index (χ2n) is 1.80. The lowest BCUT2D eigenvalue weighted by Gasteiger charge is -2.03. The summed E-state index contributed by atoms with van der Waals surface area (Å²) < 4.78 is 4.44. The van der Waals surface area contributed by atoms with Crippen LogP contribution in [0.25, 0.3) is 0 Å². The van der Waals surface area contributed by atoms with Gasteiger partial charge in [0.25, 0.3) is 0 Å². The monoisotopic (exact) mass is 164 g/mol. The normalized spacial score (nSPS) is 12.3. The lowest BCUT2D eigenvalue weighted by atomic mass is 10.4. The average molecular weight is 165 g/mol. The number of aliphatic hydroxyl groups is 1. The van der Waals surface area contributed by atoms with Crippen LogP contribution in [-0.2, 0) is 9.53 Å². The first kappa shape index (κ1) is 9.46. The van der Waals surface area contributed by atoms with Gasteiger partial charge in [-0.15, -0.1) is 0 Å². The topological polar surface area (TPSA) is 46.5 Å². The predicted octanol–water partition coefficient (Wildman–Crippen LogP) is 0.663. The third-order valence-corrected chi connectivity index (χ3v) is 0.821. The molecule has 0 heterocycles. The maximum absolute atomic E-state index is 10.5. The number of carbonyl (C=O) groups is 1. The molecule has 0 aliphatic rings. The molecule has 0 aromatic rings. The summed E-state index contributed by atoms with van der Waals surface area (Å²) in [7, 11) is 0. The van der Waals surface area contributed by atoms with Gasteiger partial charge >= 0.3 is 5.97 Å². The lowest BCUT2D eigenvalue weighted by molar-refractivity contribution is -0.151. The molecule has 0 saturated carbocycles. The molecule has 0 aromatic carbocycles. The summed E-state index contributed by atoms with van der Waals surface area (Å²) in [6.07, 6.45) is -1.10. The molecule has 1 N–H and O–H groups in total. The van der Waals surface area contributed by atoms with E-state index in [2.05, 4.69) is 11.3 Å². The molecule has 1 unspecified atom stereocenters. The summed E-state index contributed by atoms with van der Waals surface area (Å²) in [5, 5.41) is 8.82. The summed E-state index contributed by atoms with van der Waals surface area (Å²) in [5.41, 5.74) is 0. The Labute approximate surface area is 64.2 Å². The van der Waals surface area contributed by atoms with Crippen LogP contribution in [-0.4, -0.2) is 23.8 Å². The Kier molecular flexibility index (Phi) is 4.07. The molecule has 0 amide bonds. The number of esters is 1. The maximum atomic E-state index is 10.5. The molecule has 0 aromatic heterocycles. The lowest BCUT2D eigenvalue weighted by Crippen LogP contribution is -2.19. The Morgan fingerprint density at radius 1 is 1.90 bits per heavy atom. The summed E-state index contributed by atoms with van der Waals surface area (Å²) in [5.74, 6) is -0.693. The molecule has 0 aliphatic carbocycles. The molecular formula is C6H9ClO3. The van der Waals surface area contributed by atoms with Crippen LogP contribution in [0, 0.1) is 0 Å². The van der Waals surface area contributed by atoms with Gasteiger partial charge in [-0.1, -0.05) is 18.2 Å². The van der Waals surface area contributed by atoms with Gasteiger partial charge in [-0.2, -0.15) is 0 Å². The van der Waals surface area contributed by atoms with Crippen LogP contribution in [0.2, 0.25) is 0 Å². The molecule has 10 heavy (non-hydrogen) atoms. The van der Waals surface area contributed by atoms with Gasteiger partial charge in [0.05, 0.1) is 0 Å². The highest BCUT2D eigenvalue weighted by Gasteiger charge is 2.09. The van der Waals surface area contributed by atoms with Crippen molar-refractivity contribution in [1.29, 1.82) is 0 Å². The highest BCUT2D eigenvalue weighted by Crippen LogP contribution is 1.97. The van der Waals surface area contributed by atoms with E-state index >= 15 is 0 Å². The summed E-state index contributed by atoms with van der Waals surface area (Å²) in [6, 6.07) is 0. The Balaban J connectivity index is 3.50. The Bertz CT molecular complexity index is 142. The minimum atomic E-state index is -1.10. The number of aliphatic hydroxyl groups excluding tert-OH is 1. The zero-order valence-electron chi connectivity index (χ0n) is 5.63. The predicted molar refractivity (Wildman–Crippen MR) is 37.6 cm³/mol. The van der Waals surface area contributed by atoms with Crippen LogP contribution in [0.15, 0.2) is 11.6 Å². The number of hydrogen-bond donors (Lipinski definition) is 1. The fourth-order valence-electron chi connectivity index (χ4n) is 0.270. The quantitative estimate of drug-likeness (QED) is 0.624. The van der Waals surface area contributed by atoms with Crippen LogP contribution in [0.4, 0.5) is 0 Å². The van der Waals surface area contributed by atoms with Crippen molar-refractivity contribution in [3.05, 3.63) is 11.6 Å². The highest BCUT2D eigenvalue weighted by atomic mass is 35.5. The van der Waals surface area contributed by atoms with Crippen LogP contribution in [0.3, 0.4) is 0 Å². The first-order valence-electron chi connectivity index (χ1n) is 2.72. The Morgan fingerprint density at radius 3 is 2.70 bits per heavy atom. The molecule has 0 saturated heterocycles. The first-order chi connectivity index (χ1) is 4.54.